The Morgan fingerprint density at radius 2 is 2.15 bits per heavy atom. The molecule has 1 aromatic carbocycles. The zero-order valence-electron chi connectivity index (χ0n) is 16.0. The Morgan fingerprint density at radius 3 is 2.85 bits per heavy atom. The Kier molecular flexibility index (Phi) is 5.27. The Labute approximate surface area is 158 Å². The number of likely N-dealkylation sites (N-methyl/N-ethyl adjacent to an activating group) is 1. The number of hydrogen-bond acceptors (Lipinski definition) is 6. The summed E-state index contributed by atoms with van der Waals surface area (Å²) in [6, 6.07) is 6.40. The molecule has 26 heavy (non-hydrogen) atoms. The lowest BCUT2D eigenvalue weighted by Gasteiger charge is -2.28. The van der Waals surface area contributed by atoms with Gasteiger partial charge in [0.25, 0.3) is 0 Å². The van der Waals surface area contributed by atoms with Crippen molar-refractivity contribution in [2.45, 2.75) is 44.0 Å². The van der Waals surface area contributed by atoms with Gasteiger partial charge in [0, 0.05) is 37.4 Å². The number of carbonyl (C=O) groups excluding carboxylic acids is 1. The molecule has 7 heteroatoms. The summed E-state index contributed by atoms with van der Waals surface area (Å²) >= 11 is 1.54. The molecule has 2 heterocycles. The van der Waals surface area contributed by atoms with Crippen LogP contribution in [0.15, 0.2) is 29.6 Å². The minimum atomic E-state index is -0.475. The summed E-state index contributed by atoms with van der Waals surface area (Å²) in [5.41, 5.74) is 1.62. The van der Waals surface area contributed by atoms with E-state index in [1.807, 2.05) is 46.3 Å². The molecular weight excluding hydrogens is 348 g/mol. The molecule has 1 amide bonds. The molecule has 0 unspecified atom stereocenters. The van der Waals surface area contributed by atoms with Crippen LogP contribution in [0.4, 0.5) is 10.5 Å². The van der Waals surface area contributed by atoms with Crippen LogP contribution in [-0.4, -0.2) is 59.0 Å². The van der Waals surface area contributed by atoms with Crippen molar-refractivity contribution in [3.05, 3.63) is 24.4 Å². The molecule has 0 saturated carbocycles. The maximum Gasteiger partial charge on any atom is 0.410 e. The lowest BCUT2D eigenvalue weighted by Crippen LogP contribution is -2.42. The van der Waals surface area contributed by atoms with Crippen LogP contribution in [0.3, 0.4) is 0 Å². The fourth-order valence-corrected chi connectivity index (χ4v) is 3.42. The predicted molar refractivity (Wildman–Crippen MR) is 106 cm³/mol. The second-order valence-electron chi connectivity index (χ2n) is 7.58. The number of rotatable bonds is 3. The molecule has 6 nitrogen and oxygen atoms in total. The first-order valence-electron chi connectivity index (χ1n) is 8.78. The van der Waals surface area contributed by atoms with Crippen molar-refractivity contribution < 1.29 is 9.53 Å². The average Bonchev–Trinajstić information content (AvgIpc) is 3.08. The smallest absolute Gasteiger partial charge is 0.410 e. The van der Waals surface area contributed by atoms with Crippen LogP contribution < -0.4 is 4.90 Å². The van der Waals surface area contributed by atoms with E-state index in [2.05, 4.69) is 27.0 Å². The number of amides is 1. The summed E-state index contributed by atoms with van der Waals surface area (Å²) in [6.07, 6.45) is 4.51. The first kappa shape index (κ1) is 18.8. The van der Waals surface area contributed by atoms with E-state index in [-0.39, 0.29) is 12.1 Å². The number of benzene rings is 1. The van der Waals surface area contributed by atoms with Crippen molar-refractivity contribution in [2.24, 2.45) is 0 Å². The number of nitrogens with zero attached hydrogens (tertiary/aromatic N) is 4. The quantitative estimate of drug-likeness (QED) is 0.602. The van der Waals surface area contributed by atoms with Gasteiger partial charge in [-0.1, -0.05) is 11.8 Å². The monoisotopic (exact) mass is 374 g/mol. The number of fused-ring (bicyclic) bond motifs is 1. The van der Waals surface area contributed by atoms with E-state index >= 15 is 0 Å². The van der Waals surface area contributed by atoms with Crippen LogP contribution in [0.2, 0.25) is 0 Å². The Bertz CT molecular complexity index is 806. The van der Waals surface area contributed by atoms with Crippen LogP contribution in [-0.2, 0) is 4.74 Å². The molecule has 0 bridgehead atoms. The summed E-state index contributed by atoms with van der Waals surface area (Å²) in [5.74, 6) is 0. The molecule has 0 radical (unpaired) electrons. The van der Waals surface area contributed by atoms with E-state index in [9.17, 15) is 4.79 Å². The standard InChI is InChI=1S/C19H26N4O2S/c1-19(2,3)25-18(24)22(4)15-8-9-23(12-15)14-6-7-16-13(10-14)11-20-17(21-16)26-5/h6-7,10-11,15H,8-9,12H2,1-5H3/t15-/m1/s1. The number of hydrogen-bond donors (Lipinski definition) is 0. The van der Waals surface area contributed by atoms with Crippen molar-refractivity contribution in [3.8, 4) is 0 Å². The van der Waals surface area contributed by atoms with Crippen LogP contribution in [0.5, 0.6) is 0 Å². The molecule has 0 aliphatic carbocycles. The molecular formula is C19H26N4O2S. The highest BCUT2D eigenvalue weighted by Crippen LogP contribution is 2.27. The van der Waals surface area contributed by atoms with E-state index in [4.69, 9.17) is 4.74 Å². The molecule has 0 N–H and O–H groups in total. The van der Waals surface area contributed by atoms with Crippen molar-refractivity contribution in [3.63, 3.8) is 0 Å². The minimum absolute atomic E-state index is 0.149. The van der Waals surface area contributed by atoms with Crippen molar-refractivity contribution >= 4 is 34.4 Å². The van der Waals surface area contributed by atoms with Crippen LogP contribution >= 0.6 is 11.8 Å². The van der Waals surface area contributed by atoms with E-state index < -0.39 is 5.60 Å². The second-order valence-corrected chi connectivity index (χ2v) is 8.35. The largest absolute Gasteiger partial charge is 0.444 e. The normalized spacial score (nSPS) is 17.6. The van der Waals surface area contributed by atoms with Gasteiger partial charge in [-0.2, -0.15) is 0 Å². The summed E-state index contributed by atoms with van der Waals surface area (Å²) < 4.78 is 5.48. The third kappa shape index (κ3) is 4.20. The number of carbonyl (C=O) groups is 1. The second kappa shape index (κ2) is 7.31. The van der Waals surface area contributed by atoms with Gasteiger partial charge in [-0.15, -0.1) is 0 Å². The molecule has 1 fully saturated rings. The van der Waals surface area contributed by atoms with Gasteiger partial charge in [0.05, 0.1) is 11.6 Å². The summed E-state index contributed by atoms with van der Waals surface area (Å²) in [4.78, 5) is 25.2. The summed E-state index contributed by atoms with van der Waals surface area (Å²) in [6.45, 7) is 7.37. The Hall–Kier alpha value is -2.02. The number of thioether (sulfide) groups is 1. The van der Waals surface area contributed by atoms with Crippen LogP contribution in [0.25, 0.3) is 10.9 Å². The van der Waals surface area contributed by atoms with E-state index in [1.165, 1.54) is 0 Å². The van der Waals surface area contributed by atoms with Crippen molar-refractivity contribution in [1.82, 2.24) is 14.9 Å². The summed E-state index contributed by atoms with van der Waals surface area (Å²) in [7, 11) is 1.82. The summed E-state index contributed by atoms with van der Waals surface area (Å²) in [5, 5.41) is 1.81. The highest BCUT2D eigenvalue weighted by molar-refractivity contribution is 7.98. The molecule has 3 rings (SSSR count). The van der Waals surface area contributed by atoms with E-state index in [0.717, 1.165) is 41.3 Å². The topological polar surface area (TPSA) is 58.6 Å². The molecule has 1 saturated heterocycles. The fraction of sp³-hybridized carbons (Fsp3) is 0.526. The highest BCUT2D eigenvalue weighted by Gasteiger charge is 2.31. The van der Waals surface area contributed by atoms with Crippen molar-refractivity contribution in [2.75, 3.05) is 31.3 Å². The zero-order chi connectivity index (χ0) is 18.9. The Morgan fingerprint density at radius 1 is 1.38 bits per heavy atom. The number of anilines is 1. The van der Waals surface area contributed by atoms with Gasteiger partial charge in [-0.25, -0.2) is 14.8 Å². The predicted octanol–water partition coefficient (Wildman–Crippen LogP) is 3.80. The van der Waals surface area contributed by atoms with Gasteiger partial charge in [-0.3, -0.25) is 0 Å². The first-order chi connectivity index (χ1) is 12.3. The maximum absolute atomic E-state index is 12.3. The molecule has 140 valence electrons. The molecule has 0 spiro atoms. The maximum atomic E-state index is 12.3. The van der Waals surface area contributed by atoms with Gasteiger partial charge in [0.15, 0.2) is 5.16 Å². The average molecular weight is 375 g/mol. The lowest BCUT2D eigenvalue weighted by molar-refractivity contribution is 0.0238. The zero-order valence-corrected chi connectivity index (χ0v) is 16.8. The van der Waals surface area contributed by atoms with E-state index in [1.54, 1.807) is 16.7 Å². The lowest BCUT2D eigenvalue weighted by atomic mass is 10.2. The molecule has 1 aliphatic rings. The molecule has 1 aliphatic heterocycles. The molecule has 1 atom stereocenters. The van der Waals surface area contributed by atoms with Crippen molar-refractivity contribution in [1.29, 1.82) is 0 Å². The van der Waals surface area contributed by atoms with Crippen LogP contribution in [0, 0.1) is 0 Å². The van der Waals surface area contributed by atoms with E-state index in [0.29, 0.717) is 0 Å². The highest BCUT2D eigenvalue weighted by atomic mass is 32.2. The van der Waals surface area contributed by atoms with Gasteiger partial charge >= 0.3 is 6.09 Å². The molecule has 2 aromatic rings. The van der Waals surface area contributed by atoms with Crippen LogP contribution in [0.1, 0.15) is 27.2 Å². The Balaban J connectivity index is 1.70. The first-order valence-corrected chi connectivity index (χ1v) is 10.0. The SMILES string of the molecule is CSc1ncc2cc(N3CC[C@@H](N(C)C(=O)OC(C)(C)C)C3)ccc2n1. The third-order valence-corrected chi connectivity index (χ3v) is 5.04. The van der Waals surface area contributed by atoms with Gasteiger partial charge < -0.3 is 14.5 Å². The number of aromatic nitrogens is 2. The van der Waals surface area contributed by atoms with Gasteiger partial charge in [0.2, 0.25) is 0 Å². The molecule has 1 aromatic heterocycles. The number of ether oxygens (including phenoxy) is 1. The minimum Gasteiger partial charge on any atom is -0.444 e. The fourth-order valence-electron chi connectivity index (χ4n) is 3.07. The van der Waals surface area contributed by atoms with Gasteiger partial charge in [0.1, 0.15) is 5.60 Å². The van der Waals surface area contributed by atoms with Gasteiger partial charge in [-0.05, 0) is 51.6 Å². The third-order valence-electron chi connectivity index (χ3n) is 4.48.